The molecule has 0 rings (SSSR count). The molecule has 0 heterocycles. The van der Waals surface area contributed by atoms with Gasteiger partial charge in [0.15, 0.2) is 0 Å². The fraction of sp³-hybridized carbons (Fsp3) is 0.953. The Bertz CT molecular complexity index is 1020. The maximum Gasteiger partial charge on any atom is 0.249 e. The van der Waals surface area contributed by atoms with Crippen molar-refractivity contribution in [1.82, 2.24) is 5.32 Å². The Balaban J connectivity index is 3.58. The van der Waals surface area contributed by atoms with E-state index in [0.717, 1.165) is 38.5 Å². The van der Waals surface area contributed by atoms with Crippen molar-refractivity contribution in [2.45, 2.75) is 385 Å². The zero-order valence-electron chi connectivity index (χ0n) is 47.6. The zero-order valence-corrected chi connectivity index (χ0v) is 47.6. The van der Waals surface area contributed by atoms with Crippen LogP contribution in [0.25, 0.3) is 0 Å². The van der Waals surface area contributed by atoms with E-state index >= 15 is 0 Å². The van der Waals surface area contributed by atoms with E-state index in [1.807, 2.05) is 0 Å². The van der Waals surface area contributed by atoms with Gasteiger partial charge < -0.3 is 25.7 Å². The van der Waals surface area contributed by atoms with Crippen LogP contribution in [0.4, 0.5) is 0 Å². The highest BCUT2D eigenvalue weighted by Crippen LogP contribution is 2.19. The molecule has 6 nitrogen and oxygen atoms in total. The number of amides is 1. The van der Waals surface area contributed by atoms with Gasteiger partial charge in [-0.3, -0.25) is 4.79 Å². The fourth-order valence-corrected chi connectivity index (χ4v) is 10.5. The number of unbranched alkanes of at least 4 members (excludes halogenated alkanes) is 49. The van der Waals surface area contributed by atoms with Crippen LogP contribution in [-0.2, 0) is 4.79 Å². The molecule has 0 bridgehead atoms. The number of aliphatic hydroxyl groups excluding tert-OH is 4. The Morgan fingerprint density at radius 2 is 0.586 bits per heavy atom. The molecule has 5 N–H and O–H groups in total. The van der Waals surface area contributed by atoms with E-state index in [1.54, 1.807) is 0 Å². The number of hydrogen-bond donors (Lipinski definition) is 5. The van der Waals surface area contributed by atoms with Crippen LogP contribution in [-0.4, -0.2) is 57.3 Å². The molecular formula is C64H127NO5. The monoisotopic (exact) mass is 990 g/mol. The van der Waals surface area contributed by atoms with Crippen molar-refractivity contribution in [3.63, 3.8) is 0 Å². The summed E-state index contributed by atoms with van der Waals surface area (Å²) in [5, 5.41) is 44.1. The molecule has 0 fully saturated rings. The number of rotatable bonds is 60. The molecule has 0 radical (unpaired) electrons. The average Bonchev–Trinajstić information content (AvgIpc) is 3.36. The van der Waals surface area contributed by atoms with Gasteiger partial charge in [-0.05, 0) is 38.5 Å². The van der Waals surface area contributed by atoms with Crippen molar-refractivity contribution in [2.75, 3.05) is 6.61 Å². The van der Waals surface area contributed by atoms with Gasteiger partial charge in [0.2, 0.25) is 5.91 Å². The smallest absolute Gasteiger partial charge is 0.249 e. The van der Waals surface area contributed by atoms with Gasteiger partial charge >= 0.3 is 0 Å². The van der Waals surface area contributed by atoms with Gasteiger partial charge in [-0.25, -0.2) is 0 Å². The SMILES string of the molecule is CCCCCCCCCCCCCCCCCCCCCCCC/C=C/CCCC(O)C(O)C(CO)NC(=O)C(O)CCCCCCCCCCCCCCCCCCCCCCCCCCCCC. The molecule has 6 heteroatoms. The van der Waals surface area contributed by atoms with Crippen LogP contribution < -0.4 is 5.32 Å². The summed E-state index contributed by atoms with van der Waals surface area (Å²) in [4.78, 5) is 12.6. The summed E-state index contributed by atoms with van der Waals surface area (Å²) in [7, 11) is 0. The second-order valence-corrected chi connectivity index (χ2v) is 22.5. The minimum absolute atomic E-state index is 0.369. The molecule has 0 aromatic carbocycles. The minimum Gasteiger partial charge on any atom is -0.394 e. The largest absolute Gasteiger partial charge is 0.394 e. The quantitative estimate of drug-likeness (QED) is 0.0308. The molecular weight excluding hydrogens is 863 g/mol. The lowest BCUT2D eigenvalue weighted by Crippen LogP contribution is -2.53. The Morgan fingerprint density at radius 1 is 0.343 bits per heavy atom. The summed E-state index contributed by atoms with van der Waals surface area (Å²) in [5.74, 6) is -0.585. The molecule has 0 aliphatic rings. The maximum absolute atomic E-state index is 12.6. The third kappa shape index (κ3) is 51.9. The summed E-state index contributed by atoms with van der Waals surface area (Å²) < 4.78 is 0. The standard InChI is InChI=1S/C64H127NO5/c1-3-5-7-9-11-13-15-17-19-21-23-25-27-29-31-33-35-37-39-41-43-45-47-49-51-53-55-57-61(67)63(69)60(59-66)65-64(70)62(68)58-56-54-52-50-48-46-44-42-40-38-36-34-32-30-28-26-24-22-20-18-16-14-12-10-8-6-4-2/h49,51,60-63,66-69H,3-48,50,52-59H2,1-2H3,(H,65,70)/b51-49+. The average molecular weight is 991 g/mol. The highest BCUT2D eigenvalue weighted by atomic mass is 16.3. The van der Waals surface area contributed by atoms with Crippen molar-refractivity contribution in [2.24, 2.45) is 0 Å². The molecule has 0 aromatic heterocycles. The van der Waals surface area contributed by atoms with Crippen molar-refractivity contribution in [1.29, 1.82) is 0 Å². The number of carbonyl (C=O) groups excluding carboxylic acids is 1. The van der Waals surface area contributed by atoms with Crippen LogP contribution in [0.5, 0.6) is 0 Å². The van der Waals surface area contributed by atoms with Crippen molar-refractivity contribution in [3.05, 3.63) is 12.2 Å². The van der Waals surface area contributed by atoms with E-state index in [1.165, 1.54) is 295 Å². The van der Waals surface area contributed by atoms with Crippen molar-refractivity contribution in [3.8, 4) is 0 Å². The number of aliphatic hydroxyl groups is 4. The molecule has 0 aliphatic heterocycles. The molecule has 4 unspecified atom stereocenters. The normalized spacial score (nSPS) is 13.6. The third-order valence-corrected chi connectivity index (χ3v) is 15.5. The summed E-state index contributed by atoms with van der Waals surface area (Å²) >= 11 is 0. The molecule has 70 heavy (non-hydrogen) atoms. The first kappa shape index (κ1) is 69.0. The summed E-state index contributed by atoms with van der Waals surface area (Å²) in [6.45, 7) is 4.10. The molecule has 0 saturated carbocycles. The Morgan fingerprint density at radius 3 is 0.857 bits per heavy atom. The maximum atomic E-state index is 12.6. The fourth-order valence-electron chi connectivity index (χ4n) is 10.5. The number of hydrogen-bond acceptors (Lipinski definition) is 5. The van der Waals surface area contributed by atoms with E-state index < -0.39 is 36.9 Å². The lowest BCUT2D eigenvalue weighted by molar-refractivity contribution is -0.132. The summed E-state index contributed by atoms with van der Waals surface area (Å²) in [6.07, 6.45) is 71.7. The molecule has 0 aromatic rings. The minimum atomic E-state index is -1.28. The van der Waals surface area contributed by atoms with Crippen molar-refractivity contribution < 1.29 is 25.2 Å². The summed E-state index contributed by atoms with van der Waals surface area (Å²) in [5.41, 5.74) is 0. The summed E-state index contributed by atoms with van der Waals surface area (Å²) in [6, 6.07) is -1.000. The Kier molecular flexibility index (Phi) is 58.1. The molecule has 0 saturated heterocycles. The van der Waals surface area contributed by atoms with Crippen LogP contribution in [0.1, 0.15) is 361 Å². The van der Waals surface area contributed by atoms with Gasteiger partial charge in [-0.15, -0.1) is 0 Å². The van der Waals surface area contributed by atoms with Crippen LogP contribution >= 0.6 is 0 Å². The highest BCUT2D eigenvalue weighted by Gasteiger charge is 2.28. The molecule has 0 spiro atoms. The van der Waals surface area contributed by atoms with E-state index in [0.29, 0.717) is 12.8 Å². The number of carbonyl (C=O) groups is 1. The lowest BCUT2D eigenvalue weighted by atomic mass is 10.00. The molecule has 1 amide bonds. The molecule has 0 aliphatic carbocycles. The van der Waals surface area contributed by atoms with E-state index in [9.17, 15) is 25.2 Å². The van der Waals surface area contributed by atoms with Crippen LogP contribution in [0.15, 0.2) is 12.2 Å². The van der Waals surface area contributed by atoms with Crippen LogP contribution in [0.2, 0.25) is 0 Å². The van der Waals surface area contributed by atoms with Crippen LogP contribution in [0, 0.1) is 0 Å². The predicted octanol–water partition coefficient (Wildman–Crippen LogP) is 19.2. The van der Waals surface area contributed by atoms with Gasteiger partial charge in [0.1, 0.15) is 12.2 Å². The molecule has 4 atom stereocenters. The first-order valence-electron chi connectivity index (χ1n) is 32.1. The van der Waals surface area contributed by atoms with Crippen LogP contribution in [0.3, 0.4) is 0 Å². The first-order chi connectivity index (χ1) is 34.5. The van der Waals surface area contributed by atoms with Gasteiger partial charge in [0, 0.05) is 0 Å². The van der Waals surface area contributed by atoms with Gasteiger partial charge in [-0.1, -0.05) is 334 Å². The van der Waals surface area contributed by atoms with E-state index in [4.69, 9.17) is 0 Å². The third-order valence-electron chi connectivity index (χ3n) is 15.5. The van der Waals surface area contributed by atoms with Gasteiger partial charge in [0.25, 0.3) is 0 Å². The molecule has 418 valence electrons. The highest BCUT2D eigenvalue weighted by molar-refractivity contribution is 5.80. The zero-order chi connectivity index (χ0) is 50.9. The van der Waals surface area contributed by atoms with Crippen molar-refractivity contribution >= 4 is 5.91 Å². The lowest BCUT2D eigenvalue weighted by Gasteiger charge is -2.27. The predicted molar refractivity (Wildman–Crippen MR) is 307 cm³/mol. The van der Waals surface area contributed by atoms with E-state index in [2.05, 4.69) is 31.3 Å². The number of nitrogens with one attached hydrogen (secondary N) is 1. The van der Waals surface area contributed by atoms with Gasteiger partial charge in [0.05, 0.1) is 18.8 Å². The Labute approximate surface area is 438 Å². The number of allylic oxidation sites excluding steroid dienone is 2. The topological polar surface area (TPSA) is 110 Å². The van der Waals surface area contributed by atoms with Gasteiger partial charge in [-0.2, -0.15) is 0 Å². The first-order valence-corrected chi connectivity index (χ1v) is 32.1. The second-order valence-electron chi connectivity index (χ2n) is 22.5. The Hall–Kier alpha value is -0.950. The second kappa shape index (κ2) is 58.9. The van der Waals surface area contributed by atoms with E-state index in [-0.39, 0.29) is 0 Å².